The summed E-state index contributed by atoms with van der Waals surface area (Å²) >= 11 is 0. The van der Waals surface area contributed by atoms with Crippen LogP contribution in [0.1, 0.15) is 21.5 Å². The maximum Gasteiger partial charge on any atom is 0.251 e. The Labute approximate surface area is 124 Å². The standard InChI is InChI=1S/C17H18N2O2/c1-12-7-9-13(10-8-12)11-15(16(18)20)19-17(21)14-5-3-2-4-6-14/h2-10,15H,11H2,1H3,(H2,18,20)(H,19,21)/t15-/m0/s1. The second-order valence-electron chi connectivity index (χ2n) is 4.98. The summed E-state index contributed by atoms with van der Waals surface area (Å²) in [7, 11) is 0. The van der Waals surface area contributed by atoms with Crippen LogP contribution in [-0.2, 0) is 11.2 Å². The first kappa shape index (κ1) is 14.8. The lowest BCUT2D eigenvalue weighted by atomic mass is 10.0. The van der Waals surface area contributed by atoms with Crippen molar-refractivity contribution in [3.63, 3.8) is 0 Å². The molecule has 1 atom stereocenters. The van der Waals surface area contributed by atoms with Gasteiger partial charge in [-0.05, 0) is 24.6 Å². The fraction of sp³-hybridized carbons (Fsp3) is 0.176. The average Bonchev–Trinajstić information content (AvgIpc) is 2.49. The highest BCUT2D eigenvalue weighted by Crippen LogP contribution is 2.07. The van der Waals surface area contributed by atoms with Crippen LogP contribution >= 0.6 is 0 Å². The maximum absolute atomic E-state index is 12.1. The van der Waals surface area contributed by atoms with Crippen molar-refractivity contribution in [1.82, 2.24) is 5.32 Å². The van der Waals surface area contributed by atoms with Crippen LogP contribution in [0.4, 0.5) is 0 Å². The van der Waals surface area contributed by atoms with Crippen molar-refractivity contribution < 1.29 is 9.59 Å². The smallest absolute Gasteiger partial charge is 0.251 e. The summed E-state index contributed by atoms with van der Waals surface area (Å²) in [5, 5.41) is 2.68. The second-order valence-corrected chi connectivity index (χ2v) is 4.98. The molecule has 4 heteroatoms. The molecule has 0 radical (unpaired) electrons. The minimum Gasteiger partial charge on any atom is -0.368 e. The first-order valence-electron chi connectivity index (χ1n) is 6.77. The van der Waals surface area contributed by atoms with Crippen LogP contribution in [0.15, 0.2) is 54.6 Å². The summed E-state index contributed by atoms with van der Waals surface area (Å²) in [5.41, 5.74) is 7.99. The zero-order chi connectivity index (χ0) is 15.2. The number of benzene rings is 2. The summed E-state index contributed by atoms with van der Waals surface area (Å²) < 4.78 is 0. The molecule has 0 saturated carbocycles. The van der Waals surface area contributed by atoms with Gasteiger partial charge in [0, 0.05) is 12.0 Å². The molecular formula is C17H18N2O2. The van der Waals surface area contributed by atoms with E-state index in [-0.39, 0.29) is 5.91 Å². The molecule has 0 fully saturated rings. The van der Waals surface area contributed by atoms with Gasteiger partial charge in [-0.15, -0.1) is 0 Å². The first-order chi connectivity index (χ1) is 10.1. The van der Waals surface area contributed by atoms with Crippen LogP contribution in [0.25, 0.3) is 0 Å². The molecule has 0 unspecified atom stereocenters. The van der Waals surface area contributed by atoms with Crippen LogP contribution in [0, 0.1) is 6.92 Å². The van der Waals surface area contributed by atoms with Crippen molar-refractivity contribution in [3.05, 3.63) is 71.3 Å². The van der Waals surface area contributed by atoms with Gasteiger partial charge in [-0.25, -0.2) is 0 Å². The Bertz CT molecular complexity index is 621. The minimum absolute atomic E-state index is 0.300. The Kier molecular flexibility index (Phi) is 4.72. The van der Waals surface area contributed by atoms with Gasteiger partial charge in [0.25, 0.3) is 5.91 Å². The van der Waals surface area contributed by atoms with E-state index < -0.39 is 11.9 Å². The Hall–Kier alpha value is -2.62. The van der Waals surface area contributed by atoms with E-state index in [9.17, 15) is 9.59 Å². The van der Waals surface area contributed by atoms with Gasteiger partial charge in [0.15, 0.2) is 0 Å². The zero-order valence-electron chi connectivity index (χ0n) is 11.9. The van der Waals surface area contributed by atoms with Crippen molar-refractivity contribution in [2.75, 3.05) is 0 Å². The third-order valence-corrected chi connectivity index (χ3v) is 3.25. The lowest BCUT2D eigenvalue weighted by molar-refractivity contribution is -0.119. The molecule has 0 spiro atoms. The quantitative estimate of drug-likeness (QED) is 0.878. The van der Waals surface area contributed by atoms with Gasteiger partial charge < -0.3 is 11.1 Å². The summed E-state index contributed by atoms with van der Waals surface area (Å²) in [6, 6.07) is 15.8. The molecule has 21 heavy (non-hydrogen) atoms. The number of hydrogen-bond donors (Lipinski definition) is 2. The van der Waals surface area contributed by atoms with E-state index in [0.29, 0.717) is 12.0 Å². The van der Waals surface area contributed by atoms with Crippen molar-refractivity contribution >= 4 is 11.8 Å². The fourth-order valence-electron chi connectivity index (χ4n) is 2.01. The SMILES string of the molecule is Cc1ccc(C[C@H](NC(=O)c2ccccc2)C(N)=O)cc1. The Balaban J connectivity index is 2.07. The molecule has 0 bridgehead atoms. The highest BCUT2D eigenvalue weighted by atomic mass is 16.2. The molecule has 2 aromatic carbocycles. The van der Waals surface area contributed by atoms with Gasteiger partial charge >= 0.3 is 0 Å². The fourth-order valence-corrected chi connectivity index (χ4v) is 2.01. The molecule has 2 rings (SSSR count). The van der Waals surface area contributed by atoms with Gasteiger partial charge in [0.05, 0.1) is 0 Å². The molecule has 0 aliphatic rings. The van der Waals surface area contributed by atoms with E-state index in [1.165, 1.54) is 0 Å². The highest BCUT2D eigenvalue weighted by molar-refractivity contribution is 5.97. The number of carbonyl (C=O) groups is 2. The van der Waals surface area contributed by atoms with E-state index in [1.807, 2.05) is 37.3 Å². The first-order valence-corrected chi connectivity index (χ1v) is 6.77. The van der Waals surface area contributed by atoms with E-state index in [1.54, 1.807) is 24.3 Å². The van der Waals surface area contributed by atoms with Crippen molar-refractivity contribution in [3.8, 4) is 0 Å². The molecule has 2 amide bonds. The van der Waals surface area contributed by atoms with Gasteiger partial charge in [0.1, 0.15) is 6.04 Å². The molecule has 4 nitrogen and oxygen atoms in total. The molecule has 0 aliphatic carbocycles. The number of primary amides is 1. The monoisotopic (exact) mass is 282 g/mol. The van der Waals surface area contributed by atoms with Crippen molar-refractivity contribution in [1.29, 1.82) is 0 Å². The van der Waals surface area contributed by atoms with Crippen LogP contribution in [0.3, 0.4) is 0 Å². The number of rotatable bonds is 5. The number of amides is 2. The number of nitrogens with two attached hydrogens (primary N) is 1. The summed E-state index contributed by atoms with van der Waals surface area (Å²) in [4.78, 5) is 23.6. The van der Waals surface area contributed by atoms with Crippen molar-refractivity contribution in [2.24, 2.45) is 5.73 Å². The number of nitrogens with one attached hydrogen (secondary N) is 1. The molecule has 0 aromatic heterocycles. The Morgan fingerprint density at radius 2 is 1.67 bits per heavy atom. The minimum atomic E-state index is -0.722. The van der Waals surface area contributed by atoms with Crippen LogP contribution in [0.2, 0.25) is 0 Å². The lowest BCUT2D eigenvalue weighted by Gasteiger charge is -2.15. The zero-order valence-corrected chi connectivity index (χ0v) is 11.9. The molecule has 0 saturated heterocycles. The van der Waals surface area contributed by atoms with Gasteiger partial charge in [-0.3, -0.25) is 9.59 Å². The molecule has 108 valence electrons. The van der Waals surface area contributed by atoms with Crippen LogP contribution < -0.4 is 11.1 Å². The average molecular weight is 282 g/mol. The summed E-state index contributed by atoms with van der Waals surface area (Å²) in [6.07, 6.45) is 0.383. The van der Waals surface area contributed by atoms with E-state index >= 15 is 0 Å². The Morgan fingerprint density at radius 3 is 2.24 bits per heavy atom. The van der Waals surface area contributed by atoms with Gasteiger partial charge in [-0.2, -0.15) is 0 Å². The topological polar surface area (TPSA) is 72.2 Å². The predicted molar refractivity (Wildman–Crippen MR) is 81.8 cm³/mol. The van der Waals surface area contributed by atoms with Crippen LogP contribution in [-0.4, -0.2) is 17.9 Å². The third kappa shape index (κ3) is 4.18. The maximum atomic E-state index is 12.1. The largest absolute Gasteiger partial charge is 0.368 e. The molecule has 0 aliphatic heterocycles. The van der Waals surface area contributed by atoms with Crippen molar-refractivity contribution in [2.45, 2.75) is 19.4 Å². The number of carbonyl (C=O) groups excluding carboxylic acids is 2. The van der Waals surface area contributed by atoms with E-state index in [2.05, 4.69) is 5.32 Å². The van der Waals surface area contributed by atoms with E-state index in [0.717, 1.165) is 11.1 Å². The predicted octanol–water partition coefficient (Wildman–Crippen LogP) is 1.82. The van der Waals surface area contributed by atoms with E-state index in [4.69, 9.17) is 5.73 Å². The summed E-state index contributed by atoms with van der Waals surface area (Å²) in [6.45, 7) is 1.99. The lowest BCUT2D eigenvalue weighted by Crippen LogP contribution is -2.45. The second kappa shape index (κ2) is 6.70. The number of hydrogen-bond acceptors (Lipinski definition) is 2. The molecule has 2 aromatic rings. The molecular weight excluding hydrogens is 264 g/mol. The van der Waals surface area contributed by atoms with Gasteiger partial charge in [0.2, 0.25) is 5.91 Å². The normalized spacial score (nSPS) is 11.7. The molecule has 0 heterocycles. The third-order valence-electron chi connectivity index (χ3n) is 3.25. The number of aryl methyl sites for hydroxylation is 1. The molecule has 3 N–H and O–H groups in total. The summed E-state index contributed by atoms with van der Waals surface area (Å²) in [5.74, 6) is -0.841. The Morgan fingerprint density at radius 1 is 1.05 bits per heavy atom. The van der Waals surface area contributed by atoms with Crippen LogP contribution in [0.5, 0.6) is 0 Å². The highest BCUT2D eigenvalue weighted by Gasteiger charge is 2.19. The van der Waals surface area contributed by atoms with Gasteiger partial charge in [-0.1, -0.05) is 48.0 Å².